The van der Waals surface area contributed by atoms with Crippen LogP contribution in [0.3, 0.4) is 0 Å². The molecule has 0 aliphatic rings. The lowest BCUT2D eigenvalue weighted by Crippen LogP contribution is -1.95. The third-order valence-electron chi connectivity index (χ3n) is 4.68. The van der Waals surface area contributed by atoms with Crippen molar-refractivity contribution in [3.8, 4) is 0 Å². The molecule has 21 heavy (non-hydrogen) atoms. The molecular formula is C21H43. The van der Waals surface area contributed by atoms with Crippen LogP contribution in [-0.2, 0) is 0 Å². The highest BCUT2D eigenvalue weighted by Crippen LogP contribution is 2.18. The molecule has 0 rings (SSSR count). The van der Waals surface area contributed by atoms with E-state index in [-0.39, 0.29) is 0 Å². The molecule has 1 radical (unpaired) electrons. The molecule has 1 unspecified atom stereocenters. The van der Waals surface area contributed by atoms with Crippen LogP contribution in [-0.4, -0.2) is 0 Å². The molecule has 0 nitrogen and oxygen atoms in total. The van der Waals surface area contributed by atoms with E-state index in [9.17, 15) is 0 Å². The van der Waals surface area contributed by atoms with E-state index in [0.29, 0.717) is 0 Å². The fraction of sp³-hybridized carbons (Fsp3) is 0.952. The largest absolute Gasteiger partial charge is 0.0654 e. The summed E-state index contributed by atoms with van der Waals surface area (Å²) in [6.07, 6.45) is 24.2. The minimum Gasteiger partial charge on any atom is -0.0654 e. The normalized spacial score (nSPS) is 12.7. The summed E-state index contributed by atoms with van der Waals surface area (Å²) < 4.78 is 0. The van der Waals surface area contributed by atoms with Crippen LogP contribution >= 0.6 is 0 Å². The van der Waals surface area contributed by atoms with Crippen molar-refractivity contribution in [3.63, 3.8) is 0 Å². The molecule has 0 aliphatic heterocycles. The van der Waals surface area contributed by atoms with Crippen molar-refractivity contribution >= 4 is 0 Å². The van der Waals surface area contributed by atoms with Crippen molar-refractivity contribution in [1.82, 2.24) is 0 Å². The van der Waals surface area contributed by atoms with Crippen molar-refractivity contribution in [2.45, 2.75) is 123 Å². The highest BCUT2D eigenvalue weighted by Gasteiger charge is 2.02. The van der Waals surface area contributed by atoms with Crippen molar-refractivity contribution in [1.29, 1.82) is 0 Å². The van der Waals surface area contributed by atoms with Gasteiger partial charge in [-0.2, -0.15) is 0 Å². The first-order chi connectivity index (χ1) is 10.3. The Bertz CT molecular complexity index is 173. The van der Waals surface area contributed by atoms with Gasteiger partial charge in [-0.15, -0.1) is 0 Å². The maximum atomic E-state index is 4.34. The van der Waals surface area contributed by atoms with Gasteiger partial charge in [-0.05, 0) is 5.92 Å². The number of hydrogen-bond donors (Lipinski definition) is 0. The second-order valence-corrected chi connectivity index (χ2v) is 7.04. The van der Waals surface area contributed by atoms with Crippen LogP contribution in [0, 0.1) is 12.8 Å². The van der Waals surface area contributed by atoms with Gasteiger partial charge in [-0.1, -0.05) is 130 Å². The summed E-state index contributed by atoms with van der Waals surface area (Å²) in [6, 6.07) is 0. The maximum absolute atomic E-state index is 4.34. The SMILES string of the molecule is [CH2]C(CCCCCCCC)CCCCCCCCCCC. The van der Waals surface area contributed by atoms with E-state index in [2.05, 4.69) is 20.8 Å². The topological polar surface area (TPSA) is 0 Å². The highest BCUT2D eigenvalue weighted by atomic mass is 14.1. The third-order valence-corrected chi connectivity index (χ3v) is 4.68. The second-order valence-electron chi connectivity index (χ2n) is 7.04. The lowest BCUT2D eigenvalue weighted by molar-refractivity contribution is 0.461. The van der Waals surface area contributed by atoms with Gasteiger partial charge in [0.2, 0.25) is 0 Å². The van der Waals surface area contributed by atoms with Crippen molar-refractivity contribution in [3.05, 3.63) is 6.92 Å². The molecule has 0 saturated heterocycles. The lowest BCUT2D eigenvalue weighted by Gasteiger charge is -2.10. The molecule has 0 N–H and O–H groups in total. The van der Waals surface area contributed by atoms with Gasteiger partial charge in [0.25, 0.3) is 0 Å². The zero-order valence-electron chi connectivity index (χ0n) is 15.3. The molecule has 0 aliphatic carbocycles. The Hall–Kier alpha value is 0. The van der Waals surface area contributed by atoms with E-state index in [4.69, 9.17) is 0 Å². The molecule has 0 aromatic heterocycles. The molecule has 0 fully saturated rings. The van der Waals surface area contributed by atoms with E-state index in [1.54, 1.807) is 0 Å². The molecule has 0 bridgehead atoms. The first kappa shape index (κ1) is 21.0. The first-order valence-electron chi connectivity index (χ1n) is 10.1. The van der Waals surface area contributed by atoms with Crippen LogP contribution in [0.2, 0.25) is 0 Å². The van der Waals surface area contributed by atoms with Gasteiger partial charge in [-0.3, -0.25) is 0 Å². The second kappa shape index (κ2) is 18.1. The molecule has 1 atom stereocenters. The van der Waals surface area contributed by atoms with Gasteiger partial charge in [-0.25, -0.2) is 0 Å². The van der Waals surface area contributed by atoms with Crippen LogP contribution in [0.1, 0.15) is 123 Å². The van der Waals surface area contributed by atoms with Crippen molar-refractivity contribution < 1.29 is 0 Å². The van der Waals surface area contributed by atoms with Crippen molar-refractivity contribution in [2.75, 3.05) is 0 Å². The minimum atomic E-state index is 0.723. The summed E-state index contributed by atoms with van der Waals surface area (Å²) in [5.41, 5.74) is 0. The maximum Gasteiger partial charge on any atom is -0.0414 e. The van der Waals surface area contributed by atoms with E-state index < -0.39 is 0 Å². The first-order valence-corrected chi connectivity index (χ1v) is 10.1. The van der Waals surface area contributed by atoms with E-state index in [0.717, 1.165) is 5.92 Å². The highest BCUT2D eigenvalue weighted by molar-refractivity contribution is 4.62. The molecule has 0 heteroatoms. The third kappa shape index (κ3) is 18.0. The average molecular weight is 296 g/mol. The van der Waals surface area contributed by atoms with E-state index >= 15 is 0 Å². The monoisotopic (exact) mass is 295 g/mol. The van der Waals surface area contributed by atoms with Crippen molar-refractivity contribution in [2.24, 2.45) is 5.92 Å². The molecule has 0 aromatic carbocycles. The average Bonchev–Trinajstić information content (AvgIpc) is 2.49. The number of unbranched alkanes of at least 4 members (excludes halogenated alkanes) is 13. The number of rotatable bonds is 17. The quantitative estimate of drug-likeness (QED) is 0.238. The van der Waals surface area contributed by atoms with Crippen LogP contribution in [0.5, 0.6) is 0 Å². The fourth-order valence-corrected chi connectivity index (χ4v) is 3.10. The van der Waals surface area contributed by atoms with Gasteiger partial charge >= 0.3 is 0 Å². The van der Waals surface area contributed by atoms with Crippen LogP contribution in [0.25, 0.3) is 0 Å². The molecular weight excluding hydrogens is 252 g/mol. The predicted octanol–water partition coefficient (Wildman–Crippen LogP) is 8.11. The molecule has 0 amide bonds. The zero-order valence-corrected chi connectivity index (χ0v) is 15.3. The molecule has 0 aromatic rings. The Morgan fingerprint density at radius 3 is 1.10 bits per heavy atom. The van der Waals surface area contributed by atoms with Crippen LogP contribution in [0.4, 0.5) is 0 Å². The standard InChI is InChI=1S/C21H43/c1-4-6-8-10-12-13-14-16-18-20-21(3)19-17-15-11-9-7-5-2/h21H,3-20H2,1-2H3. The Morgan fingerprint density at radius 2 is 0.762 bits per heavy atom. The van der Waals surface area contributed by atoms with Gasteiger partial charge in [0.1, 0.15) is 0 Å². The molecule has 0 saturated carbocycles. The van der Waals surface area contributed by atoms with E-state index in [1.807, 2.05) is 0 Å². The zero-order chi connectivity index (χ0) is 15.6. The Kier molecular flexibility index (Phi) is 18.1. The Balaban J connectivity index is 3.10. The summed E-state index contributed by atoms with van der Waals surface area (Å²) >= 11 is 0. The molecule has 127 valence electrons. The summed E-state index contributed by atoms with van der Waals surface area (Å²) in [5, 5.41) is 0. The van der Waals surface area contributed by atoms with Gasteiger partial charge in [0.15, 0.2) is 0 Å². The van der Waals surface area contributed by atoms with Gasteiger partial charge in [0.05, 0.1) is 0 Å². The fourth-order valence-electron chi connectivity index (χ4n) is 3.10. The summed E-state index contributed by atoms with van der Waals surface area (Å²) in [6.45, 7) is 8.92. The summed E-state index contributed by atoms with van der Waals surface area (Å²) in [4.78, 5) is 0. The molecule has 0 spiro atoms. The number of hydrogen-bond acceptors (Lipinski definition) is 0. The summed E-state index contributed by atoms with van der Waals surface area (Å²) in [7, 11) is 0. The van der Waals surface area contributed by atoms with E-state index in [1.165, 1.54) is 109 Å². The Labute approximate surface area is 136 Å². The Morgan fingerprint density at radius 1 is 0.476 bits per heavy atom. The molecule has 0 heterocycles. The smallest absolute Gasteiger partial charge is 0.0414 e. The van der Waals surface area contributed by atoms with Crippen LogP contribution < -0.4 is 0 Å². The van der Waals surface area contributed by atoms with Gasteiger partial charge in [0, 0.05) is 0 Å². The predicted molar refractivity (Wildman–Crippen MR) is 98.7 cm³/mol. The minimum absolute atomic E-state index is 0.723. The van der Waals surface area contributed by atoms with Crippen LogP contribution in [0.15, 0.2) is 0 Å². The summed E-state index contributed by atoms with van der Waals surface area (Å²) in [5.74, 6) is 0.723. The lowest BCUT2D eigenvalue weighted by atomic mass is 9.96. The van der Waals surface area contributed by atoms with Gasteiger partial charge < -0.3 is 0 Å².